The summed E-state index contributed by atoms with van der Waals surface area (Å²) in [5.41, 5.74) is 0.859. The normalized spacial score (nSPS) is 13.0. The van der Waals surface area contributed by atoms with Crippen LogP contribution >= 0.6 is 10.7 Å². The molecule has 0 aromatic heterocycles. The fourth-order valence-electron chi connectivity index (χ4n) is 1.91. The van der Waals surface area contributed by atoms with Gasteiger partial charge in [-0.1, -0.05) is 44.2 Å². The van der Waals surface area contributed by atoms with Crippen molar-refractivity contribution < 1.29 is 17.9 Å². The average Bonchev–Trinajstić information content (AvgIpc) is 2.34. The van der Waals surface area contributed by atoms with Crippen LogP contribution in [0.2, 0.25) is 0 Å². The minimum atomic E-state index is -3.68. The van der Waals surface area contributed by atoms with Crippen LogP contribution in [0.5, 0.6) is 0 Å². The Morgan fingerprint density at radius 3 is 2.43 bits per heavy atom. The molecule has 0 aliphatic heterocycles. The zero-order chi connectivity index (χ0) is 15.9. The number of carbonyl (C=O) groups is 1. The lowest BCUT2D eigenvalue weighted by atomic mass is 10.1. The predicted molar refractivity (Wildman–Crippen MR) is 82.6 cm³/mol. The topological polar surface area (TPSA) is 72.5 Å². The first-order chi connectivity index (χ1) is 9.76. The fourth-order valence-corrected chi connectivity index (χ4v) is 3.07. The lowest BCUT2D eigenvalue weighted by Crippen LogP contribution is -2.40. The first-order valence-corrected chi connectivity index (χ1v) is 9.13. The fraction of sp³-hybridized carbons (Fsp3) is 0.500. The monoisotopic (exact) mass is 333 g/mol. The summed E-state index contributed by atoms with van der Waals surface area (Å²) in [6.07, 6.45) is -0.142. The number of rotatable bonds is 7. The van der Waals surface area contributed by atoms with E-state index in [2.05, 4.69) is 5.32 Å². The van der Waals surface area contributed by atoms with Gasteiger partial charge in [-0.2, -0.15) is 0 Å². The number of amides is 1. The smallest absolute Gasteiger partial charge is 0.407 e. The molecule has 0 saturated heterocycles. The van der Waals surface area contributed by atoms with E-state index in [0.29, 0.717) is 6.42 Å². The van der Waals surface area contributed by atoms with Crippen LogP contribution in [-0.2, 0) is 20.4 Å². The molecule has 0 aliphatic rings. The minimum absolute atomic E-state index is 0.134. The molecule has 0 spiro atoms. The maximum absolute atomic E-state index is 11.7. The molecule has 5 nitrogen and oxygen atoms in total. The molecule has 1 atom stereocenters. The van der Waals surface area contributed by atoms with Gasteiger partial charge in [0.15, 0.2) is 0 Å². The Hall–Kier alpha value is -1.27. The van der Waals surface area contributed by atoms with Crippen LogP contribution in [-0.4, -0.2) is 26.3 Å². The van der Waals surface area contributed by atoms with Crippen molar-refractivity contribution in [3.8, 4) is 0 Å². The van der Waals surface area contributed by atoms with Crippen molar-refractivity contribution >= 4 is 25.8 Å². The van der Waals surface area contributed by atoms with Crippen LogP contribution in [0, 0.1) is 5.92 Å². The molecule has 118 valence electrons. The second-order valence-electron chi connectivity index (χ2n) is 5.24. The Labute approximate surface area is 130 Å². The number of hydrogen-bond donors (Lipinski definition) is 1. The quantitative estimate of drug-likeness (QED) is 0.779. The van der Waals surface area contributed by atoms with Crippen molar-refractivity contribution in [1.82, 2.24) is 5.32 Å². The van der Waals surface area contributed by atoms with E-state index in [-0.39, 0.29) is 18.3 Å². The second kappa shape index (κ2) is 8.24. The molecule has 1 N–H and O–H groups in total. The van der Waals surface area contributed by atoms with Crippen molar-refractivity contribution in [3.63, 3.8) is 0 Å². The third-order valence-corrected chi connectivity index (χ3v) is 3.87. The molecule has 21 heavy (non-hydrogen) atoms. The number of halogens is 1. The highest BCUT2D eigenvalue weighted by Gasteiger charge is 2.21. The average molecular weight is 334 g/mol. The molecular weight excluding hydrogens is 314 g/mol. The van der Waals surface area contributed by atoms with Gasteiger partial charge in [0.25, 0.3) is 0 Å². The largest absolute Gasteiger partial charge is 0.445 e. The van der Waals surface area contributed by atoms with Crippen molar-refractivity contribution in [2.24, 2.45) is 5.92 Å². The van der Waals surface area contributed by atoms with E-state index in [1.807, 2.05) is 44.2 Å². The van der Waals surface area contributed by atoms with Crippen LogP contribution in [0.25, 0.3) is 0 Å². The third-order valence-electron chi connectivity index (χ3n) is 2.69. The van der Waals surface area contributed by atoms with Gasteiger partial charge in [-0.15, -0.1) is 0 Å². The third kappa shape index (κ3) is 8.57. The lowest BCUT2D eigenvalue weighted by molar-refractivity contribution is 0.135. The molecule has 1 amide bonds. The molecular formula is C14H20ClNO4S. The molecule has 0 unspecified atom stereocenters. The van der Waals surface area contributed by atoms with Gasteiger partial charge in [0.1, 0.15) is 6.61 Å². The van der Waals surface area contributed by atoms with Gasteiger partial charge < -0.3 is 10.1 Å². The van der Waals surface area contributed by atoms with Crippen LogP contribution in [0.15, 0.2) is 30.3 Å². The van der Waals surface area contributed by atoms with E-state index in [1.165, 1.54) is 0 Å². The Balaban J connectivity index is 2.51. The summed E-state index contributed by atoms with van der Waals surface area (Å²) in [6, 6.07) is 8.67. The first-order valence-electron chi connectivity index (χ1n) is 6.66. The molecule has 1 aromatic rings. The Bertz CT molecular complexity index is 545. The highest BCUT2D eigenvalue weighted by molar-refractivity contribution is 8.13. The Morgan fingerprint density at radius 2 is 1.90 bits per heavy atom. The maximum atomic E-state index is 11.7. The van der Waals surface area contributed by atoms with Gasteiger partial charge >= 0.3 is 6.09 Å². The number of ether oxygens (including phenoxy) is 1. The van der Waals surface area contributed by atoms with Gasteiger partial charge in [0, 0.05) is 16.7 Å². The summed E-state index contributed by atoms with van der Waals surface area (Å²) in [5, 5.41) is 2.55. The molecule has 0 saturated carbocycles. The lowest BCUT2D eigenvalue weighted by Gasteiger charge is -2.19. The van der Waals surface area contributed by atoms with Gasteiger partial charge in [-0.05, 0) is 17.9 Å². The van der Waals surface area contributed by atoms with Crippen LogP contribution in [0.3, 0.4) is 0 Å². The van der Waals surface area contributed by atoms with Gasteiger partial charge in [0.05, 0.1) is 5.75 Å². The van der Waals surface area contributed by atoms with E-state index in [0.717, 1.165) is 5.56 Å². The molecule has 0 bridgehead atoms. The van der Waals surface area contributed by atoms with E-state index in [9.17, 15) is 13.2 Å². The summed E-state index contributed by atoms with van der Waals surface area (Å²) in [6.45, 7) is 4.00. The van der Waals surface area contributed by atoms with Gasteiger partial charge in [0.2, 0.25) is 9.05 Å². The summed E-state index contributed by atoms with van der Waals surface area (Å²) in [7, 11) is 1.57. The standard InChI is InChI=1S/C14H20ClNO4S/c1-11(2)8-13(10-21(15,18)19)16-14(17)20-9-12-6-4-3-5-7-12/h3-7,11,13H,8-10H2,1-2H3,(H,16,17)/t13-/m0/s1. The molecule has 1 aromatic carbocycles. The molecule has 0 fully saturated rings. The SMILES string of the molecule is CC(C)C[C@@H](CS(=O)(=O)Cl)NC(=O)OCc1ccccc1. The predicted octanol–water partition coefficient (Wildman–Crippen LogP) is 2.90. The summed E-state index contributed by atoms with van der Waals surface area (Å²) in [5.74, 6) is -0.0875. The molecule has 7 heteroatoms. The minimum Gasteiger partial charge on any atom is -0.445 e. The zero-order valence-electron chi connectivity index (χ0n) is 12.1. The number of alkyl carbamates (subject to hydrolysis) is 1. The molecule has 0 aliphatic carbocycles. The second-order valence-corrected chi connectivity index (χ2v) is 8.06. The van der Waals surface area contributed by atoms with Crippen molar-refractivity contribution in [1.29, 1.82) is 0 Å². The van der Waals surface area contributed by atoms with E-state index < -0.39 is 21.2 Å². The maximum Gasteiger partial charge on any atom is 0.407 e. The van der Waals surface area contributed by atoms with Crippen molar-refractivity contribution in [2.75, 3.05) is 5.75 Å². The van der Waals surface area contributed by atoms with Crippen LogP contribution in [0.1, 0.15) is 25.8 Å². The molecule has 0 radical (unpaired) electrons. The number of hydrogen-bond acceptors (Lipinski definition) is 4. The zero-order valence-corrected chi connectivity index (χ0v) is 13.7. The van der Waals surface area contributed by atoms with Gasteiger partial charge in [-0.25, -0.2) is 13.2 Å². The summed E-state index contributed by atoms with van der Waals surface area (Å²) < 4.78 is 27.4. The highest BCUT2D eigenvalue weighted by atomic mass is 35.7. The number of benzene rings is 1. The first kappa shape index (κ1) is 17.8. The van der Waals surface area contributed by atoms with E-state index in [1.54, 1.807) is 0 Å². The van der Waals surface area contributed by atoms with Gasteiger partial charge in [-0.3, -0.25) is 0 Å². The van der Waals surface area contributed by atoms with E-state index in [4.69, 9.17) is 15.4 Å². The van der Waals surface area contributed by atoms with Crippen molar-refractivity contribution in [3.05, 3.63) is 35.9 Å². The highest BCUT2D eigenvalue weighted by Crippen LogP contribution is 2.10. The number of carbonyl (C=O) groups excluding carboxylic acids is 1. The van der Waals surface area contributed by atoms with Crippen LogP contribution < -0.4 is 5.32 Å². The Kier molecular flexibility index (Phi) is 6.98. The van der Waals surface area contributed by atoms with Crippen molar-refractivity contribution in [2.45, 2.75) is 32.9 Å². The van der Waals surface area contributed by atoms with E-state index >= 15 is 0 Å². The molecule has 0 heterocycles. The summed E-state index contributed by atoms with van der Waals surface area (Å²) >= 11 is 0. The van der Waals surface area contributed by atoms with Crippen LogP contribution in [0.4, 0.5) is 4.79 Å². The number of nitrogens with one attached hydrogen (secondary N) is 1. The Morgan fingerprint density at radius 1 is 1.29 bits per heavy atom. The summed E-state index contributed by atoms with van der Waals surface area (Å²) in [4.78, 5) is 11.7. The molecule has 1 rings (SSSR count).